The molecule has 1 heteroatoms. The van der Waals surface area contributed by atoms with Crippen molar-refractivity contribution in [2.75, 3.05) is 0 Å². The Balaban J connectivity index is 2.20. The van der Waals surface area contributed by atoms with Crippen molar-refractivity contribution in [2.24, 2.45) is 0 Å². The van der Waals surface area contributed by atoms with Gasteiger partial charge in [-0.1, -0.05) is 101 Å². The van der Waals surface area contributed by atoms with Gasteiger partial charge in [0.15, 0.2) is 0 Å². The molecule has 0 bridgehead atoms. The summed E-state index contributed by atoms with van der Waals surface area (Å²) < 4.78 is 0. The maximum atomic E-state index is 2.48. The average molecular weight is 359 g/mol. The zero-order valence-corrected chi connectivity index (χ0v) is 17.9. The molecule has 0 unspecified atom stereocenters. The second kappa shape index (κ2) is 6.09. The summed E-state index contributed by atoms with van der Waals surface area (Å²) in [6.07, 6.45) is 0. The van der Waals surface area contributed by atoms with Crippen LogP contribution in [0.25, 0.3) is 32.3 Å². The smallest absolute Gasteiger partial charge is 0.0648 e. The quantitative estimate of drug-likeness (QED) is 0.262. The highest BCUT2D eigenvalue weighted by Crippen LogP contribution is 2.44. The minimum atomic E-state index is -1.70. The van der Waals surface area contributed by atoms with Gasteiger partial charge in [0.05, 0.1) is 8.07 Å². The van der Waals surface area contributed by atoms with Gasteiger partial charge >= 0.3 is 0 Å². The molecule has 0 spiro atoms. The molecule has 0 aliphatic rings. The average Bonchev–Trinajstić information content (AvgIpc) is 2.60. The highest BCUT2D eigenvalue weighted by molar-refractivity contribution is 6.96. The first-order valence-electron chi connectivity index (χ1n) is 10.1. The van der Waals surface area contributed by atoms with E-state index in [1.165, 1.54) is 32.3 Å². The lowest BCUT2D eigenvalue weighted by Crippen LogP contribution is -2.55. The van der Waals surface area contributed by atoms with Crippen LogP contribution in [-0.2, 0) is 0 Å². The van der Waals surface area contributed by atoms with Crippen molar-refractivity contribution in [3.63, 3.8) is 0 Å². The Hall–Kier alpha value is -1.86. The molecule has 0 saturated carbocycles. The van der Waals surface area contributed by atoms with Gasteiger partial charge in [-0.25, -0.2) is 0 Å². The van der Waals surface area contributed by atoms with E-state index in [4.69, 9.17) is 0 Å². The highest BCUT2D eigenvalue weighted by atomic mass is 28.3. The summed E-state index contributed by atoms with van der Waals surface area (Å²) in [7, 11) is -1.70. The molecular formula is C25H30Si. The Kier molecular flexibility index (Phi) is 4.11. The molecule has 26 heavy (non-hydrogen) atoms. The molecule has 0 nitrogen and oxygen atoms in total. The lowest BCUT2D eigenvalue weighted by molar-refractivity contribution is 0.836. The summed E-state index contributed by atoms with van der Waals surface area (Å²) in [5, 5.41) is 10.2. The van der Waals surface area contributed by atoms with Crippen LogP contribution in [0.5, 0.6) is 0 Å². The third kappa shape index (κ3) is 2.19. The molecule has 0 atom stereocenters. The van der Waals surface area contributed by atoms with Crippen molar-refractivity contribution in [1.82, 2.24) is 0 Å². The van der Waals surface area contributed by atoms with Crippen molar-refractivity contribution in [2.45, 2.75) is 58.2 Å². The first-order chi connectivity index (χ1) is 12.4. The van der Waals surface area contributed by atoms with Crippen molar-refractivity contribution in [3.8, 4) is 0 Å². The first-order valence-corrected chi connectivity index (χ1v) is 12.3. The third-order valence-electron chi connectivity index (χ3n) is 6.86. The topological polar surface area (TPSA) is 0 Å². The first kappa shape index (κ1) is 17.5. The Morgan fingerprint density at radius 2 is 1.00 bits per heavy atom. The van der Waals surface area contributed by atoms with Gasteiger partial charge in [0.2, 0.25) is 0 Å². The Bertz CT molecular complexity index is 1030. The Labute approximate surface area is 158 Å². The number of hydrogen-bond donors (Lipinski definition) is 0. The summed E-state index contributed by atoms with van der Waals surface area (Å²) >= 11 is 0. The van der Waals surface area contributed by atoms with Crippen molar-refractivity contribution in [1.29, 1.82) is 0 Å². The number of benzene rings is 4. The van der Waals surface area contributed by atoms with Gasteiger partial charge in [-0.2, -0.15) is 0 Å². The van der Waals surface area contributed by atoms with Crippen molar-refractivity contribution in [3.05, 3.63) is 54.6 Å². The molecule has 0 radical (unpaired) electrons. The lowest BCUT2D eigenvalue weighted by atomic mass is 9.94. The van der Waals surface area contributed by atoms with E-state index in [-0.39, 0.29) is 0 Å². The SMILES string of the molecule is CC(C)[Si](c1ccc2ccc3cccc4ccc1c2c34)(C(C)C)C(C)C. The van der Waals surface area contributed by atoms with E-state index in [2.05, 4.69) is 96.1 Å². The van der Waals surface area contributed by atoms with E-state index in [0.29, 0.717) is 0 Å². The Morgan fingerprint density at radius 3 is 1.54 bits per heavy atom. The van der Waals surface area contributed by atoms with Gasteiger partial charge in [0.25, 0.3) is 0 Å². The largest absolute Gasteiger partial charge is 0.0950 e. The summed E-state index contributed by atoms with van der Waals surface area (Å²) in [6.45, 7) is 14.8. The minimum Gasteiger partial charge on any atom is -0.0648 e. The van der Waals surface area contributed by atoms with Crippen LogP contribution in [0.15, 0.2) is 54.6 Å². The molecule has 0 heterocycles. The van der Waals surface area contributed by atoms with Gasteiger partial charge in [0.1, 0.15) is 0 Å². The van der Waals surface area contributed by atoms with E-state index in [0.717, 1.165) is 16.6 Å². The van der Waals surface area contributed by atoms with Crippen molar-refractivity contribution < 1.29 is 0 Å². The van der Waals surface area contributed by atoms with Gasteiger partial charge in [0, 0.05) is 0 Å². The van der Waals surface area contributed by atoms with Crippen LogP contribution in [0.4, 0.5) is 0 Å². The van der Waals surface area contributed by atoms with Crippen LogP contribution in [-0.4, -0.2) is 8.07 Å². The van der Waals surface area contributed by atoms with Crippen LogP contribution in [0.1, 0.15) is 41.5 Å². The number of rotatable bonds is 4. The molecule has 0 saturated heterocycles. The van der Waals surface area contributed by atoms with Crippen molar-refractivity contribution >= 4 is 45.6 Å². The van der Waals surface area contributed by atoms with Crippen LogP contribution in [0, 0.1) is 0 Å². The standard InChI is InChI=1S/C25H30Si/c1-16(2)26(17(3)4,18(5)6)23-15-13-21-11-10-19-8-7-9-20-12-14-22(23)25(21)24(19)20/h7-18H,1-6H3. The molecule has 134 valence electrons. The fourth-order valence-electron chi connectivity index (χ4n) is 6.05. The van der Waals surface area contributed by atoms with E-state index in [9.17, 15) is 0 Å². The van der Waals surface area contributed by atoms with Crippen LogP contribution in [0.3, 0.4) is 0 Å². The zero-order chi connectivity index (χ0) is 18.6. The van der Waals surface area contributed by atoms with E-state index in [1.807, 2.05) is 0 Å². The maximum absolute atomic E-state index is 2.48. The minimum absolute atomic E-state index is 0.723. The monoisotopic (exact) mass is 358 g/mol. The normalized spacial score (nSPS) is 13.3. The fraction of sp³-hybridized carbons (Fsp3) is 0.360. The fourth-order valence-corrected chi connectivity index (χ4v) is 13.0. The van der Waals surface area contributed by atoms with Gasteiger partial charge in [-0.05, 0) is 48.9 Å². The second-order valence-electron chi connectivity index (χ2n) is 8.87. The summed E-state index contributed by atoms with van der Waals surface area (Å²) in [6, 6.07) is 20.9. The van der Waals surface area contributed by atoms with Crippen LogP contribution < -0.4 is 5.19 Å². The van der Waals surface area contributed by atoms with Gasteiger partial charge in [-0.3, -0.25) is 0 Å². The summed E-state index contributed by atoms with van der Waals surface area (Å²) in [4.78, 5) is 0. The zero-order valence-electron chi connectivity index (χ0n) is 16.9. The van der Waals surface area contributed by atoms with Crippen LogP contribution in [0.2, 0.25) is 16.6 Å². The molecular weight excluding hydrogens is 328 g/mol. The summed E-state index contributed by atoms with van der Waals surface area (Å²) in [5.41, 5.74) is 2.17. The molecule has 0 aromatic heterocycles. The van der Waals surface area contributed by atoms with E-state index >= 15 is 0 Å². The van der Waals surface area contributed by atoms with Gasteiger partial charge in [-0.15, -0.1) is 0 Å². The Morgan fingerprint density at radius 1 is 0.538 bits per heavy atom. The maximum Gasteiger partial charge on any atom is 0.0950 e. The molecule has 4 aromatic rings. The molecule has 0 aliphatic heterocycles. The highest BCUT2D eigenvalue weighted by Gasteiger charge is 2.45. The van der Waals surface area contributed by atoms with E-state index in [1.54, 1.807) is 5.19 Å². The molecule has 0 fully saturated rings. The molecule has 0 aliphatic carbocycles. The third-order valence-corrected chi connectivity index (χ3v) is 14.0. The molecule has 0 amide bonds. The lowest BCUT2D eigenvalue weighted by Gasteiger charge is -2.44. The second-order valence-corrected chi connectivity index (χ2v) is 14.7. The number of hydrogen-bond acceptors (Lipinski definition) is 0. The molecule has 4 aromatic carbocycles. The predicted octanol–water partition coefficient (Wildman–Crippen LogP) is 7.47. The van der Waals surface area contributed by atoms with Gasteiger partial charge < -0.3 is 0 Å². The molecule has 4 rings (SSSR count). The van der Waals surface area contributed by atoms with E-state index < -0.39 is 8.07 Å². The predicted molar refractivity (Wildman–Crippen MR) is 121 cm³/mol. The van der Waals surface area contributed by atoms with Crippen LogP contribution >= 0.6 is 0 Å². The molecule has 0 N–H and O–H groups in total. The summed E-state index contributed by atoms with van der Waals surface area (Å²) in [5.74, 6) is 0.